The van der Waals surface area contributed by atoms with E-state index in [0.717, 1.165) is 57.8 Å². The lowest BCUT2D eigenvalue weighted by molar-refractivity contribution is -0.147. The Labute approximate surface area is 183 Å². The van der Waals surface area contributed by atoms with Gasteiger partial charge in [-0.3, -0.25) is 9.59 Å². The number of carbonyl (C=O) groups excluding carboxylic acids is 1. The molecule has 0 atom stereocenters. The van der Waals surface area contributed by atoms with E-state index in [4.69, 9.17) is 4.74 Å². The van der Waals surface area contributed by atoms with E-state index in [0.29, 0.717) is 6.47 Å². The maximum Gasteiger partial charge on any atom is 0.309 e. The van der Waals surface area contributed by atoms with Crippen LogP contribution < -0.4 is 0 Å². The molecule has 1 aromatic carbocycles. The van der Waals surface area contributed by atoms with Crippen molar-refractivity contribution in [2.75, 3.05) is 0 Å². The molecule has 4 heteroatoms. The summed E-state index contributed by atoms with van der Waals surface area (Å²) in [6.45, 7) is 14.7. The summed E-state index contributed by atoms with van der Waals surface area (Å²) in [5, 5.41) is 9.23. The van der Waals surface area contributed by atoms with Crippen LogP contribution in [0.2, 0.25) is 0 Å². The van der Waals surface area contributed by atoms with Gasteiger partial charge in [0.2, 0.25) is 0 Å². The van der Waals surface area contributed by atoms with E-state index in [1.165, 1.54) is 27.8 Å². The lowest BCUT2D eigenvalue weighted by Crippen LogP contribution is -2.23. The van der Waals surface area contributed by atoms with Crippen molar-refractivity contribution in [3.63, 3.8) is 0 Å². The van der Waals surface area contributed by atoms with Crippen LogP contribution in [0.15, 0.2) is 6.07 Å². The van der Waals surface area contributed by atoms with E-state index in [1.807, 2.05) is 27.7 Å². The van der Waals surface area contributed by atoms with E-state index in [-0.39, 0.29) is 5.60 Å². The molecule has 0 aromatic heterocycles. The number of aryl methyl sites for hydroxylation is 2. The number of carboxylic acid groups (broad SMARTS) is 1. The lowest BCUT2D eigenvalue weighted by Gasteiger charge is -2.22. The maximum absolute atomic E-state index is 11.2. The highest BCUT2D eigenvalue weighted by atomic mass is 16.5. The standard InChI is InChI=1S/C26H42O4/c1-19-17-22(13-10-12-16-26(6,7)30-18-27)20(2)21(3)23(19)14-9-8-11-15-25(4,5)24(28)29/h17-18H,8-16H2,1-7H3,(H,28,29). The Balaban J connectivity index is 2.57. The van der Waals surface area contributed by atoms with E-state index < -0.39 is 11.4 Å². The summed E-state index contributed by atoms with van der Waals surface area (Å²) in [5.74, 6) is -0.708. The Morgan fingerprint density at radius 2 is 1.53 bits per heavy atom. The van der Waals surface area contributed by atoms with Gasteiger partial charge in [0.05, 0.1) is 5.41 Å². The highest BCUT2D eigenvalue weighted by Crippen LogP contribution is 2.27. The summed E-state index contributed by atoms with van der Waals surface area (Å²) in [7, 11) is 0. The minimum Gasteiger partial charge on any atom is -0.481 e. The van der Waals surface area contributed by atoms with Crippen molar-refractivity contribution in [2.24, 2.45) is 5.41 Å². The largest absolute Gasteiger partial charge is 0.481 e. The van der Waals surface area contributed by atoms with Crippen molar-refractivity contribution in [3.8, 4) is 0 Å². The second-order valence-corrected chi connectivity index (χ2v) is 10.0. The minimum atomic E-state index is -0.708. The van der Waals surface area contributed by atoms with Crippen molar-refractivity contribution in [3.05, 3.63) is 33.9 Å². The molecule has 0 aliphatic heterocycles. The molecule has 1 aromatic rings. The number of unbranched alkanes of at least 4 members (excludes halogenated alkanes) is 3. The molecule has 0 aliphatic rings. The van der Waals surface area contributed by atoms with Crippen molar-refractivity contribution >= 4 is 12.4 Å². The second kappa shape index (κ2) is 11.5. The van der Waals surface area contributed by atoms with Crippen molar-refractivity contribution < 1.29 is 19.4 Å². The number of carbonyl (C=O) groups is 2. The second-order valence-electron chi connectivity index (χ2n) is 10.0. The number of rotatable bonds is 14. The Morgan fingerprint density at radius 1 is 0.933 bits per heavy atom. The predicted octanol–water partition coefficient (Wildman–Crippen LogP) is 6.49. The first-order chi connectivity index (χ1) is 13.9. The molecule has 1 rings (SSSR count). The van der Waals surface area contributed by atoms with Crippen LogP contribution in [-0.2, 0) is 27.2 Å². The zero-order valence-electron chi connectivity index (χ0n) is 20.2. The van der Waals surface area contributed by atoms with Gasteiger partial charge in [-0.15, -0.1) is 0 Å². The fourth-order valence-electron chi connectivity index (χ4n) is 4.07. The molecule has 0 unspecified atom stereocenters. The van der Waals surface area contributed by atoms with E-state index in [9.17, 15) is 14.7 Å². The molecule has 4 nitrogen and oxygen atoms in total. The Kier molecular flexibility index (Phi) is 10.1. The molecule has 0 bridgehead atoms. The molecule has 0 saturated heterocycles. The van der Waals surface area contributed by atoms with Gasteiger partial charge in [-0.2, -0.15) is 0 Å². The third-order valence-electron chi connectivity index (χ3n) is 6.51. The molecule has 0 spiro atoms. The van der Waals surface area contributed by atoms with Crippen LogP contribution in [0.1, 0.15) is 100 Å². The summed E-state index contributed by atoms with van der Waals surface area (Å²) >= 11 is 0. The molecule has 30 heavy (non-hydrogen) atoms. The van der Waals surface area contributed by atoms with Gasteiger partial charge in [0.25, 0.3) is 6.47 Å². The first-order valence-corrected chi connectivity index (χ1v) is 11.3. The topological polar surface area (TPSA) is 63.6 Å². The monoisotopic (exact) mass is 418 g/mol. The SMILES string of the molecule is Cc1cc(CCCCC(C)(C)OC=O)c(C)c(C)c1CCCCCC(C)(C)C(=O)O. The molecule has 0 amide bonds. The Morgan fingerprint density at radius 3 is 2.13 bits per heavy atom. The zero-order valence-corrected chi connectivity index (χ0v) is 20.2. The fraction of sp³-hybridized carbons (Fsp3) is 0.692. The Hall–Kier alpha value is -1.84. The molecule has 0 aliphatic carbocycles. The summed E-state index contributed by atoms with van der Waals surface area (Å²) in [5.41, 5.74) is 6.03. The number of carboxylic acids is 1. The Bertz CT molecular complexity index is 716. The highest BCUT2D eigenvalue weighted by Gasteiger charge is 2.26. The van der Waals surface area contributed by atoms with E-state index >= 15 is 0 Å². The molecule has 170 valence electrons. The van der Waals surface area contributed by atoms with Gasteiger partial charge >= 0.3 is 5.97 Å². The number of ether oxygens (including phenoxy) is 1. The van der Waals surface area contributed by atoms with Crippen LogP contribution in [0.4, 0.5) is 0 Å². The minimum absolute atomic E-state index is 0.383. The highest BCUT2D eigenvalue weighted by molar-refractivity contribution is 5.73. The van der Waals surface area contributed by atoms with Gasteiger partial charge in [-0.1, -0.05) is 18.9 Å². The molecular formula is C26H42O4. The van der Waals surface area contributed by atoms with Crippen LogP contribution in [-0.4, -0.2) is 23.1 Å². The van der Waals surface area contributed by atoms with Crippen LogP contribution >= 0.6 is 0 Å². The summed E-state index contributed by atoms with van der Waals surface area (Å²) in [4.78, 5) is 21.8. The smallest absolute Gasteiger partial charge is 0.309 e. The molecule has 0 heterocycles. The van der Waals surface area contributed by atoms with Gasteiger partial charge in [-0.25, -0.2) is 0 Å². The molecule has 0 radical (unpaired) electrons. The first-order valence-electron chi connectivity index (χ1n) is 11.3. The quantitative estimate of drug-likeness (QED) is 0.277. The number of aliphatic carboxylic acids is 1. The van der Waals surface area contributed by atoms with Gasteiger partial charge in [-0.05, 0) is 121 Å². The molecule has 0 saturated carbocycles. The van der Waals surface area contributed by atoms with Gasteiger partial charge < -0.3 is 9.84 Å². The fourth-order valence-corrected chi connectivity index (χ4v) is 4.07. The predicted molar refractivity (Wildman–Crippen MR) is 123 cm³/mol. The van der Waals surface area contributed by atoms with Crippen LogP contribution in [0.3, 0.4) is 0 Å². The van der Waals surface area contributed by atoms with Crippen LogP contribution in [0.25, 0.3) is 0 Å². The van der Waals surface area contributed by atoms with Gasteiger partial charge in [0.1, 0.15) is 5.60 Å². The molecule has 1 N–H and O–H groups in total. The molecule has 0 fully saturated rings. The van der Waals surface area contributed by atoms with Crippen LogP contribution in [0.5, 0.6) is 0 Å². The number of benzene rings is 1. The first kappa shape index (κ1) is 26.2. The molecular weight excluding hydrogens is 376 g/mol. The number of hydrogen-bond acceptors (Lipinski definition) is 3. The lowest BCUT2D eigenvalue weighted by atomic mass is 9.86. The number of hydrogen-bond donors (Lipinski definition) is 1. The van der Waals surface area contributed by atoms with Crippen LogP contribution in [0, 0.1) is 26.2 Å². The van der Waals surface area contributed by atoms with Gasteiger partial charge in [0, 0.05) is 0 Å². The average molecular weight is 419 g/mol. The maximum atomic E-state index is 11.2. The van der Waals surface area contributed by atoms with Crippen molar-refractivity contribution in [1.82, 2.24) is 0 Å². The normalized spacial score (nSPS) is 12.1. The average Bonchev–Trinajstić information content (AvgIpc) is 2.64. The third-order valence-corrected chi connectivity index (χ3v) is 6.51. The summed E-state index contributed by atoms with van der Waals surface area (Å²) < 4.78 is 5.13. The van der Waals surface area contributed by atoms with Crippen molar-refractivity contribution in [1.29, 1.82) is 0 Å². The van der Waals surface area contributed by atoms with Gasteiger partial charge in [0.15, 0.2) is 0 Å². The van der Waals surface area contributed by atoms with E-state index in [1.54, 1.807) is 0 Å². The zero-order chi connectivity index (χ0) is 22.9. The van der Waals surface area contributed by atoms with E-state index in [2.05, 4.69) is 26.8 Å². The van der Waals surface area contributed by atoms with Crippen molar-refractivity contribution in [2.45, 2.75) is 112 Å². The summed E-state index contributed by atoms with van der Waals surface area (Å²) in [6.07, 6.45) is 8.96. The third kappa shape index (κ3) is 8.12. The summed E-state index contributed by atoms with van der Waals surface area (Å²) in [6, 6.07) is 2.35.